The van der Waals surface area contributed by atoms with Crippen molar-refractivity contribution in [2.75, 3.05) is 39.3 Å². The highest BCUT2D eigenvalue weighted by atomic mass is 16.3. The van der Waals surface area contributed by atoms with Crippen molar-refractivity contribution in [1.29, 1.82) is 0 Å². The lowest BCUT2D eigenvalue weighted by Crippen LogP contribution is -2.47. The van der Waals surface area contributed by atoms with Crippen LogP contribution in [0.1, 0.15) is 33.1 Å². The predicted octanol–water partition coefficient (Wildman–Crippen LogP) is 0.680. The molecule has 0 aliphatic carbocycles. The predicted molar refractivity (Wildman–Crippen MR) is 67.2 cm³/mol. The summed E-state index contributed by atoms with van der Waals surface area (Å²) >= 11 is 0. The van der Waals surface area contributed by atoms with Crippen molar-refractivity contribution in [3.05, 3.63) is 0 Å². The van der Waals surface area contributed by atoms with Gasteiger partial charge in [0.05, 0.1) is 6.10 Å². The monoisotopic (exact) mass is 229 g/mol. The molecule has 0 amide bonds. The molecule has 16 heavy (non-hydrogen) atoms. The summed E-state index contributed by atoms with van der Waals surface area (Å²) in [4.78, 5) is 2.25. The Bertz CT molecular complexity index is 168. The second kappa shape index (κ2) is 8.01. The molecule has 4 nitrogen and oxygen atoms in total. The van der Waals surface area contributed by atoms with Gasteiger partial charge in [-0.15, -0.1) is 0 Å². The molecule has 96 valence electrons. The number of aliphatic hydroxyl groups is 1. The Balaban J connectivity index is 2.10. The van der Waals surface area contributed by atoms with Crippen LogP contribution < -0.4 is 5.43 Å². The van der Waals surface area contributed by atoms with Crippen LogP contribution in [-0.4, -0.2) is 60.4 Å². The molecule has 0 aromatic heterocycles. The molecule has 1 atom stereocenters. The van der Waals surface area contributed by atoms with Crippen molar-refractivity contribution in [2.24, 2.45) is 0 Å². The van der Waals surface area contributed by atoms with Crippen LogP contribution in [0.5, 0.6) is 0 Å². The quantitative estimate of drug-likeness (QED) is 0.673. The Morgan fingerprint density at radius 3 is 2.38 bits per heavy atom. The smallest absolute Gasteiger partial charge is 0.0805 e. The summed E-state index contributed by atoms with van der Waals surface area (Å²) in [6.45, 7) is 9.98. The van der Waals surface area contributed by atoms with Crippen molar-refractivity contribution < 1.29 is 5.11 Å². The Labute approximate surface area is 99.6 Å². The molecular weight excluding hydrogens is 202 g/mol. The first-order chi connectivity index (χ1) is 7.76. The minimum absolute atomic E-state index is 0.262. The lowest BCUT2D eigenvalue weighted by atomic mass is 10.2. The summed E-state index contributed by atoms with van der Waals surface area (Å²) < 4.78 is 0. The molecule has 1 saturated heterocycles. The fourth-order valence-electron chi connectivity index (χ4n) is 2.13. The highest BCUT2D eigenvalue weighted by Gasteiger charge is 2.12. The fraction of sp³-hybridized carbons (Fsp3) is 1.00. The average Bonchev–Trinajstić information content (AvgIpc) is 2.34. The number of hydrogen-bond donors (Lipinski definition) is 2. The van der Waals surface area contributed by atoms with Gasteiger partial charge in [-0.3, -0.25) is 5.43 Å². The third-order valence-corrected chi connectivity index (χ3v) is 3.27. The molecule has 0 aromatic carbocycles. The van der Waals surface area contributed by atoms with Gasteiger partial charge in [0, 0.05) is 26.2 Å². The maximum atomic E-state index is 9.88. The number of nitrogens with zero attached hydrogens (tertiary/aromatic N) is 2. The van der Waals surface area contributed by atoms with Gasteiger partial charge in [0.25, 0.3) is 0 Å². The molecule has 1 unspecified atom stereocenters. The molecule has 1 rings (SSSR count). The van der Waals surface area contributed by atoms with E-state index in [1.165, 1.54) is 19.3 Å². The summed E-state index contributed by atoms with van der Waals surface area (Å²) in [6.07, 6.45) is 3.64. The average molecular weight is 229 g/mol. The van der Waals surface area contributed by atoms with E-state index in [0.29, 0.717) is 6.54 Å². The van der Waals surface area contributed by atoms with Crippen LogP contribution >= 0.6 is 0 Å². The van der Waals surface area contributed by atoms with E-state index >= 15 is 0 Å². The molecule has 1 aliphatic rings. The lowest BCUT2D eigenvalue weighted by molar-refractivity contribution is 0.0754. The van der Waals surface area contributed by atoms with E-state index in [1.54, 1.807) is 0 Å². The zero-order valence-corrected chi connectivity index (χ0v) is 10.8. The van der Waals surface area contributed by atoms with E-state index in [9.17, 15) is 5.11 Å². The number of hydrogen-bond acceptors (Lipinski definition) is 4. The van der Waals surface area contributed by atoms with Crippen LogP contribution in [0.15, 0.2) is 0 Å². The van der Waals surface area contributed by atoms with Crippen molar-refractivity contribution in [2.45, 2.75) is 39.2 Å². The highest BCUT2D eigenvalue weighted by Crippen LogP contribution is 2.05. The molecule has 0 radical (unpaired) electrons. The zero-order chi connectivity index (χ0) is 11.8. The largest absolute Gasteiger partial charge is 0.390 e. The summed E-state index contributed by atoms with van der Waals surface area (Å²) in [7, 11) is 0. The third-order valence-electron chi connectivity index (χ3n) is 3.27. The maximum Gasteiger partial charge on any atom is 0.0805 e. The van der Waals surface area contributed by atoms with Gasteiger partial charge in [-0.2, -0.15) is 0 Å². The Morgan fingerprint density at radius 1 is 1.19 bits per heavy atom. The van der Waals surface area contributed by atoms with Crippen molar-refractivity contribution in [1.82, 2.24) is 15.3 Å². The molecule has 0 aromatic rings. The minimum atomic E-state index is -0.262. The third kappa shape index (κ3) is 5.25. The Morgan fingerprint density at radius 2 is 1.81 bits per heavy atom. The SMILES string of the molecule is CCN(CC)CC(O)CNN1CCCCC1. The van der Waals surface area contributed by atoms with Crippen LogP contribution in [0, 0.1) is 0 Å². The van der Waals surface area contributed by atoms with Crippen molar-refractivity contribution in [3.8, 4) is 0 Å². The first kappa shape index (κ1) is 13.9. The van der Waals surface area contributed by atoms with E-state index in [0.717, 1.165) is 32.7 Å². The first-order valence-electron chi connectivity index (χ1n) is 6.65. The van der Waals surface area contributed by atoms with Crippen LogP contribution in [0.4, 0.5) is 0 Å². The van der Waals surface area contributed by atoms with Gasteiger partial charge in [-0.05, 0) is 25.9 Å². The lowest BCUT2D eigenvalue weighted by Gasteiger charge is -2.29. The molecule has 1 aliphatic heterocycles. The maximum absolute atomic E-state index is 9.88. The standard InChI is InChI=1S/C12H27N3O/c1-3-14(4-2)11-12(16)10-13-15-8-6-5-7-9-15/h12-13,16H,3-11H2,1-2H3. The molecule has 4 heteroatoms. The summed E-state index contributed by atoms with van der Waals surface area (Å²) in [6, 6.07) is 0. The summed E-state index contributed by atoms with van der Waals surface area (Å²) in [5.41, 5.74) is 3.33. The fourth-order valence-corrected chi connectivity index (χ4v) is 2.13. The molecular formula is C12H27N3O. The second-order valence-corrected chi connectivity index (χ2v) is 4.55. The molecule has 1 heterocycles. The Kier molecular flexibility index (Phi) is 6.96. The van der Waals surface area contributed by atoms with Gasteiger partial charge < -0.3 is 10.0 Å². The van der Waals surface area contributed by atoms with Crippen molar-refractivity contribution >= 4 is 0 Å². The zero-order valence-electron chi connectivity index (χ0n) is 10.8. The van der Waals surface area contributed by atoms with Crippen molar-refractivity contribution in [3.63, 3.8) is 0 Å². The van der Waals surface area contributed by atoms with Gasteiger partial charge in [-0.25, -0.2) is 5.01 Å². The van der Waals surface area contributed by atoms with Crippen LogP contribution in [-0.2, 0) is 0 Å². The number of rotatable bonds is 7. The minimum Gasteiger partial charge on any atom is -0.390 e. The number of piperidine rings is 1. The molecule has 2 N–H and O–H groups in total. The topological polar surface area (TPSA) is 38.7 Å². The summed E-state index contributed by atoms with van der Waals surface area (Å²) in [5, 5.41) is 12.1. The van der Waals surface area contributed by atoms with Gasteiger partial charge >= 0.3 is 0 Å². The first-order valence-corrected chi connectivity index (χ1v) is 6.65. The van der Waals surface area contributed by atoms with Crippen LogP contribution in [0.2, 0.25) is 0 Å². The van der Waals surface area contributed by atoms with Gasteiger partial charge in [0.1, 0.15) is 0 Å². The van der Waals surface area contributed by atoms with Gasteiger partial charge in [-0.1, -0.05) is 20.3 Å². The summed E-state index contributed by atoms with van der Waals surface area (Å²) in [5.74, 6) is 0. The number of likely N-dealkylation sites (N-methyl/N-ethyl adjacent to an activating group) is 1. The van der Waals surface area contributed by atoms with E-state index in [2.05, 4.69) is 29.2 Å². The Hall–Kier alpha value is -0.160. The molecule has 0 spiro atoms. The number of hydrazine groups is 1. The van der Waals surface area contributed by atoms with Gasteiger partial charge in [0.2, 0.25) is 0 Å². The van der Waals surface area contributed by atoms with E-state index in [1.807, 2.05) is 0 Å². The molecule has 1 fully saturated rings. The highest BCUT2D eigenvalue weighted by molar-refractivity contribution is 4.66. The van der Waals surface area contributed by atoms with E-state index in [4.69, 9.17) is 0 Å². The second-order valence-electron chi connectivity index (χ2n) is 4.55. The molecule has 0 bridgehead atoms. The van der Waals surface area contributed by atoms with Crippen LogP contribution in [0.3, 0.4) is 0 Å². The normalized spacial score (nSPS) is 20.2. The number of aliphatic hydroxyl groups excluding tert-OH is 1. The van der Waals surface area contributed by atoms with Crippen LogP contribution in [0.25, 0.3) is 0 Å². The van der Waals surface area contributed by atoms with E-state index < -0.39 is 0 Å². The van der Waals surface area contributed by atoms with E-state index in [-0.39, 0.29) is 6.10 Å². The van der Waals surface area contributed by atoms with Gasteiger partial charge in [0.15, 0.2) is 0 Å². The number of nitrogens with one attached hydrogen (secondary N) is 1. The molecule has 0 saturated carbocycles.